The van der Waals surface area contributed by atoms with E-state index < -0.39 is 0 Å². The van der Waals surface area contributed by atoms with Gasteiger partial charge in [0.2, 0.25) is 0 Å². The zero-order valence-electron chi connectivity index (χ0n) is 12.0. The molecule has 0 radical (unpaired) electrons. The van der Waals surface area contributed by atoms with Gasteiger partial charge in [-0.05, 0) is 49.9 Å². The van der Waals surface area contributed by atoms with E-state index in [-0.39, 0.29) is 0 Å². The van der Waals surface area contributed by atoms with Gasteiger partial charge in [-0.3, -0.25) is 0 Å². The quantitative estimate of drug-likeness (QED) is 0.853. The zero-order valence-corrected chi connectivity index (χ0v) is 12.0. The van der Waals surface area contributed by atoms with Crippen LogP contribution in [0.2, 0.25) is 0 Å². The number of rotatable bonds is 5. The topological polar surface area (TPSA) is 15.3 Å². The minimum Gasteiger partial charge on any atom is -0.383 e. The van der Waals surface area contributed by atoms with Gasteiger partial charge in [-0.15, -0.1) is 0 Å². The van der Waals surface area contributed by atoms with Gasteiger partial charge in [-0.25, -0.2) is 0 Å². The van der Waals surface area contributed by atoms with E-state index in [1.165, 1.54) is 49.3 Å². The molecule has 0 aromatic heterocycles. The second-order valence-electron chi connectivity index (χ2n) is 5.67. The largest absolute Gasteiger partial charge is 0.383 e. The normalized spacial score (nSPS) is 16.4. The van der Waals surface area contributed by atoms with E-state index in [4.69, 9.17) is 0 Å². The lowest BCUT2D eigenvalue weighted by Crippen LogP contribution is -2.26. The Balaban J connectivity index is 1.95. The van der Waals surface area contributed by atoms with Crippen molar-refractivity contribution >= 4 is 5.69 Å². The van der Waals surface area contributed by atoms with E-state index in [0.29, 0.717) is 5.92 Å². The van der Waals surface area contributed by atoms with E-state index in [9.17, 15) is 0 Å². The molecule has 1 heterocycles. The Kier molecular flexibility index (Phi) is 4.65. The van der Waals surface area contributed by atoms with Gasteiger partial charge in [0, 0.05) is 18.8 Å². The van der Waals surface area contributed by atoms with E-state index >= 15 is 0 Å². The summed E-state index contributed by atoms with van der Waals surface area (Å²) in [6, 6.07) is 6.61. The Morgan fingerprint density at radius 2 is 1.94 bits per heavy atom. The maximum absolute atomic E-state index is 3.65. The average molecular weight is 246 g/mol. The van der Waals surface area contributed by atoms with Gasteiger partial charge < -0.3 is 10.2 Å². The fourth-order valence-corrected chi connectivity index (χ4v) is 2.76. The Bertz CT molecular complexity index is 379. The lowest BCUT2D eigenvalue weighted by Gasteiger charge is -2.20. The third-order valence-corrected chi connectivity index (χ3v) is 3.86. The van der Waals surface area contributed by atoms with Crippen molar-refractivity contribution in [2.45, 2.75) is 39.5 Å². The molecule has 1 N–H and O–H groups in total. The van der Waals surface area contributed by atoms with Gasteiger partial charge in [-0.2, -0.15) is 0 Å². The number of likely N-dealkylation sites (tertiary alicyclic amines) is 1. The molecule has 2 nitrogen and oxygen atoms in total. The Hall–Kier alpha value is -1.02. The van der Waals surface area contributed by atoms with Gasteiger partial charge in [0.25, 0.3) is 0 Å². The molecule has 100 valence electrons. The van der Waals surface area contributed by atoms with Crippen molar-refractivity contribution in [1.82, 2.24) is 4.90 Å². The molecule has 2 heteroatoms. The van der Waals surface area contributed by atoms with Crippen LogP contribution in [0, 0.1) is 6.92 Å². The molecule has 0 saturated carbocycles. The molecule has 0 atom stereocenters. The standard InChI is InChI=1S/C16H26N2/c1-13(2)15-8-6-7-14(3)16(15)17-9-12-18-10-4-5-11-18/h6-8,13,17H,4-5,9-12H2,1-3H3. The number of hydrogen-bond acceptors (Lipinski definition) is 2. The highest BCUT2D eigenvalue weighted by atomic mass is 15.1. The smallest absolute Gasteiger partial charge is 0.0405 e. The number of anilines is 1. The second kappa shape index (κ2) is 6.24. The van der Waals surface area contributed by atoms with Crippen LogP contribution in [-0.2, 0) is 0 Å². The fourth-order valence-electron chi connectivity index (χ4n) is 2.76. The maximum Gasteiger partial charge on any atom is 0.0405 e. The third kappa shape index (κ3) is 3.26. The molecule has 1 aliphatic heterocycles. The third-order valence-electron chi connectivity index (χ3n) is 3.86. The SMILES string of the molecule is Cc1cccc(C(C)C)c1NCCN1CCCC1. The molecule has 0 spiro atoms. The lowest BCUT2D eigenvalue weighted by molar-refractivity contribution is 0.352. The van der Waals surface area contributed by atoms with Gasteiger partial charge in [0.05, 0.1) is 0 Å². The first kappa shape index (κ1) is 13.4. The molecule has 0 bridgehead atoms. The molecule has 1 aliphatic rings. The van der Waals surface area contributed by atoms with Gasteiger partial charge in [0.1, 0.15) is 0 Å². The number of nitrogens with one attached hydrogen (secondary N) is 1. The summed E-state index contributed by atoms with van der Waals surface area (Å²) in [5.41, 5.74) is 4.16. The Labute approximate surface area is 111 Å². The van der Waals surface area contributed by atoms with Crippen molar-refractivity contribution < 1.29 is 0 Å². The van der Waals surface area contributed by atoms with Crippen LogP contribution in [0.5, 0.6) is 0 Å². The summed E-state index contributed by atoms with van der Waals surface area (Å²) in [6.07, 6.45) is 2.75. The van der Waals surface area contributed by atoms with Crippen molar-refractivity contribution in [2.75, 3.05) is 31.5 Å². The van der Waals surface area contributed by atoms with Gasteiger partial charge >= 0.3 is 0 Å². The van der Waals surface area contributed by atoms with E-state index in [0.717, 1.165) is 6.54 Å². The highest BCUT2D eigenvalue weighted by Gasteiger charge is 2.12. The number of aryl methyl sites for hydroxylation is 1. The van der Waals surface area contributed by atoms with Crippen LogP contribution < -0.4 is 5.32 Å². The van der Waals surface area contributed by atoms with Crippen molar-refractivity contribution in [3.63, 3.8) is 0 Å². The van der Waals surface area contributed by atoms with Crippen molar-refractivity contribution in [1.29, 1.82) is 0 Å². The molecule has 0 amide bonds. The van der Waals surface area contributed by atoms with Crippen molar-refractivity contribution in [2.24, 2.45) is 0 Å². The first-order valence-electron chi connectivity index (χ1n) is 7.24. The first-order valence-corrected chi connectivity index (χ1v) is 7.24. The molecule has 0 unspecified atom stereocenters. The molecule has 18 heavy (non-hydrogen) atoms. The first-order chi connectivity index (χ1) is 8.68. The fraction of sp³-hybridized carbons (Fsp3) is 0.625. The average Bonchev–Trinajstić information content (AvgIpc) is 2.84. The zero-order chi connectivity index (χ0) is 13.0. The molecule has 1 aromatic rings. The second-order valence-corrected chi connectivity index (χ2v) is 5.67. The summed E-state index contributed by atoms with van der Waals surface area (Å²) in [6.45, 7) is 11.5. The summed E-state index contributed by atoms with van der Waals surface area (Å²) in [4.78, 5) is 2.56. The Morgan fingerprint density at radius 1 is 1.22 bits per heavy atom. The van der Waals surface area contributed by atoms with E-state index in [2.05, 4.69) is 49.2 Å². The van der Waals surface area contributed by atoms with E-state index in [1.54, 1.807) is 0 Å². The van der Waals surface area contributed by atoms with E-state index in [1.807, 2.05) is 0 Å². The van der Waals surface area contributed by atoms with Crippen LogP contribution in [0.3, 0.4) is 0 Å². The van der Waals surface area contributed by atoms with Gasteiger partial charge in [-0.1, -0.05) is 32.0 Å². The molecular formula is C16H26N2. The predicted octanol–water partition coefficient (Wildman–Crippen LogP) is 3.63. The highest BCUT2D eigenvalue weighted by Crippen LogP contribution is 2.27. The van der Waals surface area contributed by atoms with Crippen LogP contribution >= 0.6 is 0 Å². The molecule has 1 aromatic carbocycles. The minimum atomic E-state index is 0.583. The summed E-state index contributed by atoms with van der Waals surface area (Å²) in [7, 11) is 0. The number of para-hydroxylation sites is 1. The molecule has 2 rings (SSSR count). The minimum absolute atomic E-state index is 0.583. The molecular weight excluding hydrogens is 220 g/mol. The summed E-state index contributed by atoms with van der Waals surface area (Å²) in [5, 5.41) is 3.65. The summed E-state index contributed by atoms with van der Waals surface area (Å²) >= 11 is 0. The summed E-state index contributed by atoms with van der Waals surface area (Å²) < 4.78 is 0. The molecule has 0 aliphatic carbocycles. The number of hydrogen-bond donors (Lipinski definition) is 1. The molecule has 1 saturated heterocycles. The Morgan fingerprint density at radius 3 is 2.61 bits per heavy atom. The van der Waals surface area contributed by atoms with Crippen LogP contribution in [0.1, 0.15) is 43.7 Å². The van der Waals surface area contributed by atoms with Crippen LogP contribution in [0.25, 0.3) is 0 Å². The van der Waals surface area contributed by atoms with Gasteiger partial charge in [0.15, 0.2) is 0 Å². The predicted molar refractivity (Wildman–Crippen MR) is 79.4 cm³/mol. The van der Waals surface area contributed by atoms with Crippen LogP contribution in [-0.4, -0.2) is 31.1 Å². The summed E-state index contributed by atoms with van der Waals surface area (Å²) in [5.74, 6) is 0.583. The van der Waals surface area contributed by atoms with Crippen LogP contribution in [0.4, 0.5) is 5.69 Å². The molecule has 1 fully saturated rings. The van der Waals surface area contributed by atoms with Crippen molar-refractivity contribution in [3.05, 3.63) is 29.3 Å². The lowest BCUT2D eigenvalue weighted by atomic mass is 9.98. The van der Waals surface area contributed by atoms with Crippen LogP contribution in [0.15, 0.2) is 18.2 Å². The number of nitrogens with zero attached hydrogens (tertiary/aromatic N) is 1. The highest BCUT2D eigenvalue weighted by molar-refractivity contribution is 5.58. The number of benzene rings is 1. The van der Waals surface area contributed by atoms with Crippen molar-refractivity contribution in [3.8, 4) is 0 Å². The monoisotopic (exact) mass is 246 g/mol. The maximum atomic E-state index is 3.65.